The predicted molar refractivity (Wildman–Crippen MR) is 115 cm³/mol. The van der Waals surface area contributed by atoms with Crippen molar-refractivity contribution in [2.45, 2.75) is 26.7 Å². The highest BCUT2D eigenvalue weighted by Crippen LogP contribution is 2.20. The van der Waals surface area contributed by atoms with Crippen LogP contribution in [0, 0.1) is 11.8 Å². The van der Waals surface area contributed by atoms with Crippen molar-refractivity contribution in [1.29, 1.82) is 0 Å². The van der Waals surface area contributed by atoms with E-state index in [4.69, 9.17) is 4.74 Å². The first kappa shape index (κ1) is 21.6. The molecule has 2 saturated heterocycles. The number of hydrogen-bond donors (Lipinski definition) is 2. The quantitative estimate of drug-likeness (QED) is 0.729. The van der Waals surface area contributed by atoms with Crippen molar-refractivity contribution < 1.29 is 14.3 Å². The van der Waals surface area contributed by atoms with Gasteiger partial charge in [-0.2, -0.15) is 0 Å². The van der Waals surface area contributed by atoms with E-state index in [9.17, 15) is 9.59 Å². The molecule has 2 amide bonds. The van der Waals surface area contributed by atoms with Gasteiger partial charge in [0.25, 0.3) is 0 Å². The molecule has 0 unspecified atom stereocenters. The molecule has 2 heterocycles. The Morgan fingerprint density at radius 3 is 2.34 bits per heavy atom. The van der Waals surface area contributed by atoms with E-state index >= 15 is 0 Å². The second-order valence-electron chi connectivity index (χ2n) is 8.38. The van der Waals surface area contributed by atoms with E-state index in [1.807, 2.05) is 24.3 Å². The molecule has 1 aromatic carbocycles. The Bertz CT molecular complexity index is 663. The molecule has 7 heteroatoms. The smallest absolute Gasteiger partial charge is 0.238 e. The highest BCUT2D eigenvalue weighted by molar-refractivity contribution is 5.92. The Balaban J connectivity index is 1.39. The van der Waals surface area contributed by atoms with Gasteiger partial charge in [0.2, 0.25) is 11.8 Å². The Labute approximate surface area is 173 Å². The number of carbonyl (C=O) groups excluding carboxylic acids is 2. The van der Waals surface area contributed by atoms with Crippen LogP contribution in [0.25, 0.3) is 0 Å². The van der Waals surface area contributed by atoms with Crippen molar-refractivity contribution in [1.82, 2.24) is 10.2 Å². The number of ether oxygens (including phenoxy) is 1. The Hall–Kier alpha value is -2.12. The maximum absolute atomic E-state index is 12.4. The number of nitrogens with one attached hydrogen (secondary N) is 2. The number of carbonyl (C=O) groups is 2. The summed E-state index contributed by atoms with van der Waals surface area (Å²) in [5.74, 6) is 0.682. The lowest BCUT2D eigenvalue weighted by molar-refractivity contribution is -0.126. The topological polar surface area (TPSA) is 73.9 Å². The lowest BCUT2D eigenvalue weighted by Gasteiger charge is -2.31. The lowest BCUT2D eigenvalue weighted by atomic mass is 9.95. The van der Waals surface area contributed by atoms with Gasteiger partial charge in [-0.25, -0.2) is 0 Å². The fraction of sp³-hybridized carbons (Fsp3) is 0.636. The van der Waals surface area contributed by atoms with Gasteiger partial charge in [0.15, 0.2) is 0 Å². The molecule has 0 saturated carbocycles. The average molecular weight is 403 g/mol. The summed E-state index contributed by atoms with van der Waals surface area (Å²) < 4.78 is 5.39. The number of hydrogen-bond acceptors (Lipinski definition) is 5. The first-order valence-electron chi connectivity index (χ1n) is 10.7. The van der Waals surface area contributed by atoms with Gasteiger partial charge in [0.05, 0.1) is 19.8 Å². The second kappa shape index (κ2) is 10.6. The van der Waals surface area contributed by atoms with Crippen LogP contribution in [0.4, 0.5) is 11.4 Å². The molecule has 0 atom stereocenters. The van der Waals surface area contributed by atoms with Crippen LogP contribution < -0.4 is 15.5 Å². The summed E-state index contributed by atoms with van der Waals surface area (Å²) in [5.41, 5.74) is 1.97. The van der Waals surface area contributed by atoms with E-state index < -0.39 is 0 Å². The summed E-state index contributed by atoms with van der Waals surface area (Å²) in [6.45, 7) is 10.2. The van der Waals surface area contributed by atoms with Gasteiger partial charge in [-0.3, -0.25) is 14.5 Å². The van der Waals surface area contributed by atoms with Crippen molar-refractivity contribution in [3.8, 4) is 0 Å². The van der Waals surface area contributed by atoms with Crippen molar-refractivity contribution >= 4 is 23.2 Å². The average Bonchev–Trinajstić information content (AvgIpc) is 2.73. The maximum atomic E-state index is 12.4. The molecule has 7 nitrogen and oxygen atoms in total. The minimum absolute atomic E-state index is 0.00756. The monoisotopic (exact) mass is 402 g/mol. The highest BCUT2D eigenvalue weighted by atomic mass is 16.5. The number of rotatable bonds is 7. The van der Waals surface area contributed by atoms with Crippen LogP contribution in [0.5, 0.6) is 0 Å². The molecule has 2 aliphatic heterocycles. The van der Waals surface area contributed by atoms with Crippen LogP contribution in [-0.2, 0) is 14.3 Å². The minimum atomic E-state index is -0.00756. The van der Waals surface area contributed by atoms with Crippen LogP contribution in [0.1, 0.15) is 26.7 Å². The number of piperidine rings is 1. The summed E-state index contributed by atoms with van der Waals surface area (Å²) in [6.07, 6.45) is 1.62. The molecule has 2 fully saturated rings. The molecule has 0 aliphatic carbocycles. The normalized spacial score (nSPS) is 18.7. The molecule has 160 valence electrons. The zero-order valence-corrected chi connectivity index (χ0v) is 17.7. The Morgan fingerprint density at radius 2 is 1.72 bits per heavy atom. The van der Waals surface area contributed by atoms with Gasteiger partial charge in [0, 0.05) is 36.9 Å². The number of benzene rings is 1. The lowest BCUT2D eigenvalue weighted by Crippen LogP contribution is -2.43. The summed E-state index contributed by atoms with van der Waals surface area (Å²) in [4.78, 5) is 29.0. The van der Waals surface area contributed by atoms with Crippen molar-refractivity contribution in [2.75, 3.05) is 62.7 Å². The van der Waals surface area contributed by atoms with E-state index in [2.05, 4.69) is 34.3 Å². The minimum Gasteiger partial charge on any atom is -0.378 e. The number of nitrogens with zero attached hydrogens (tertiary/aromatic N) is 2. The SMILES string of the molecule is CC(C)CNC(=O)C1CCN(CC(=O)Nc2ccc(N3CCOCC3)cc2)CC1. The van der Waals surface area contributed by atoms with E-state index in [1.165, 1.54) is 0 Å². The molecule has 2 N–H and O–H groups in total. The molecular formula is C22H34N4O3. The van der Waals surface area contributed by atoms with E-state index in [1.54, 1.807) is 0 Å². The molecule has 1 aromatic rings. The Kier molecular flexibility index (Phi) is 7.89. The predicted octanol–water partition coefficient (Wildman–Crippen LogP) is 1.95. The van der Waals surface area contributed by atoms with Gasteiger partial charge in [0.1, 0.15) is 0 Å². The number of amides is 2. The van der Waals surface area contributed by atoms with E-state index in [0.29, 0.717) is 12.5 Å². The van der Waals surface area contributed by atoms with E-state index in [0.717, 1.165) is 70.2 Å². The summed E-state index contributed by atoms with van der Waals surface area (Å²) in [5, 5.41) is 6.00. The van der Waals surface area contributed by atoms with Crippen molar-refractivity contribution in [2.24, 2.45) is 11.8 Å². The highest BCUT2D eigenvalue weighted by Gasteiger charge is 2.25. The first-order valence-corrected chi connectivity index (χ1v) is 10.7. The number of likely N-dealkylation sites (tertiary alicyclic amines) is 1. The number of morpholine rings is 1. The number of anilines is 2. The van der Waals surface area contributed by atoms with Gasteiger partial charge in [-0.1, -0.05) is 13.8 Å². The molecule has 0 spiro atoms. The molecular weight excluding hydrogens is 368 g/mol. The molecule has 2 aliphatic rings. The summed E-state index contributed by atoms with van der Waals surface area (Å²) >= 11 is 0. The summed E-state index contributed by atoms with van der Waals surface area (Å²) in [6, 6.07) is 7.99. The largest absolute Gasteiger partial charge is 0.378 e. The Morgan fingerprint density at radius 1 is 1.07 bits per heavy atom. The van der Waals surface area contributed by atoms with Crippen molar-refractivity contribution in [3.05, 3.63) is 24.3 Å². The zero-order chi connectivity index (χ0) is 20.6. The van der Waals surface area contributed by atoms with Gasteiger partial charge >= 0.3 is 0 Å². The molecule has 0 bridgehead atoms. The van der Waals surface area contributed by atoms with Crippen LogP contribution in [0.2, 0.25) is 0 Å². The van der Waals surface area contributed by atoms with Gasteiger partial charge in [-0.05, 0) is 56.1 Å². The van der Waals surface area contributed by atoms with E-state index in [-0.39, 0.29) is 17.7 Å². The van der Waals surface area contributed by atoms with Gasteiger partial charge in [-0.15, -0.1) is 0 Å². The molecule has 29 heavy (non-hydrogen) atoms. The third-order valence-corrected chi connectivity index (χ3v) is 5.54. The molecule has 0 aromatic heterocycles. The fourth-order valence-corrected chi connectivity index (χ4v) is 3.78. The fourth-order valence-electron chi connectivity index (χ4n) is 3.78. The molecule has 0 radical (unpaired) electrons. The van der Waals surface area contributed by atoms with Crippen molar-refractivity contribution in [3.63, 3.8) is 0 Å². The van der Waals surface area contributed by atoms with Gasteiger partial charge < -0.3 is 20.3 Å². The zero-order valence-electron chi connectivity index (χ0n) is 17.7. The second-order valence-corrected chi connectivity index (χ2v) is 8.38. The third kappa shape index (κ3) is 6.72. The van der Waals surface area contributed by atoms with Crippen LogP contribution >= 0.6 is 0 Å². The van der Waals surface area contributed by atoms with Crippen LogP contribution in [-0.4, -0.2) is 69.2 Å². The molecule has 3 rings (SSSR count). The summed E-state index contributed by atoms with van der Waals surface area (Å²) in [7, 11) is 0. The standard InChI is InChI=1S/C22H34N4O3/c1-17(2)15-23-22(28)18-7-9-25(10-8-18)16-21(27)24-19-3-5-20(6-4-19)26-11-13-29-14-12-26/h3-6,17-18H,7-16H2,1-2H3,(H,23,28)(H,24,27). The first-order chi connectivity index (χ1) is 14.0. The van der Waals surface area contributed by atoms with Crippen LogP contribution in [0.3, 0.4) is 0 Å². The third-order valence-electron chi connectivity index (χ3n) is 5.54. The van der Waals surface area contributed by atoms with Crippen LogP contribution in [0.15, 0.2) is 24.3 Å². The maximum Gasteiger partial charge on any atom is 0.238 e.